The molecule has 9 nitrogen and oxygen atoms in total. The first-order valence-corrected chi connectivity index (χ1v) is 11.1. The first-order valence-electron chi connectivity index (χ1n) is 10.3. The van der Waals surface area contributed by atoms with Gasteiger partial charge in [0.2, 0.25) is 11.8 Å². The van der Waals surface area contributed by atoms with Crippen LogP contribution in [-0.2, 0) is 9.59 Å². The number of likely N-dealkylation sites (N-methyl/N-ethyl adjacent to an activating group) is 1. The number of rotatable bonds is 5. The predicted octanol–water partition coefficient (Wildman–Crippen LogP) is 2.33. The summed E-state index contributed by atoms with van der Waals surface area (Å²) in [6.45, 7) is -0.0727. The Hall–Kier alpha value is -3.97. The van der Waals surface area contributed by atoms with Gasteiger partial charge in [-0.15, -0.1) is 0 Å². The second kappa shape index (κ2) is 9.26. The van der Waals surface area contributed by atoms with Crippen LogP contribution in [0.5, 0.6) is 0 Å². The van der Waals surface area contributed by atoms with Crippen molar-refractivity contribution in [2.45, 2.75) is 12.5 Å². The van der Waals surface area contributed by atoms with Crippen molar-refractivity contribution in [1.82, 2.24) is 14.8 Å². The fraction of sp³-hybridized carbons (Fsp3) is 0.261. The molecule has 33 heavy (non-hydrogen) atoms. The number of fused-ring (bicyclic) bond motifs is 1. The number of carbonyl (C=O) groups is 3. The highest BCUT2D eigenvalue weighted by atomic mass is 32.1. The van der Waals surface area contributed by atoms with Crippen LogP contribution in [-0.4, -0.2) is 58.7 Å². The minimum atomic E-state index is -0.718. The van der Waals surface area contributed by atoms with Gasteiger partial charge in [-0.05, 0) is 36.8 Å². The van der Waals surface area contributed by atoms with E-state index < -0.39 is 12.0 Å². The number of hydrogen-bond donors (Lipinski definition) is 2. The first kappa shape index (κ1) is 22.2. The van der Waals surface area contributed by atoms with Crippen molar-refractivity contribution in [2.75, 3.05) is 31.2 Å². The molecular weight excluding hydrogens is 440 g/mol. The van der Waals surface area contributed by atoms with Crippen LogP contribution >= 0.6 is 11.3 Å². The number of carbonyl (C=O) groups excluding carboxylic acids is 3. The van der Waals surface area contributed by atoms with E-state index in [0.29, 0.717) is 21.9 Å². The number of nitriles is 1. The molecule has 168 valence electrons. The standard InChI is InChI=1S/C23H22N6O3S/c1-28(22(32)14-7-8-18-19(10-14)33-23(25)27-18)13-20(30)29-12-15(9-17(29)11-24)21(31)26-16-5-3-2-4-6-16/h2-8,10,15,17H,9,12-13H2,1H3,(H2,25,27)(H,26,31). The Kier molecular flexibility index (Phi) is 6.24. The number of aromatic nitrogens is 1. The predicted molar refractivity (Wildman–Crippen MR) is 125 cm³/mol. The number of amides is 3. The minimum Gasteiger partial charge on any atom is -0.375 e. The Morgan fingerprint density at radius 3 is 2.76 bits per heavy atom. The summed E-state index contributed by atoms with van der Waals surface area (Å²) in [4.78, 5) is 45.3. The smallest absolute Gasteiger partial charge is 0.254 e. The van der Waals surface area contributed by atoms with E-state index in [9.17, 15) is 19.6 Å². The van der Waals surface area contributed by atoms with Gasteiger partial charge < -0.3 is 20.9 Å². The fourth-order valence-electron chi connectivity index (χ4n) is 3.85. The third-order valence-electron chi connectivity index (χ3n) is 5.55. The lowest BCUT2D eigenvalue weighted by Gasteiger charge is -2.24. The zero-order chi connectivity index (χ0) is 23.5. The van der Waals surface area contributed by atoms with Gasteiger partial charge in [-0.25, -0.2) is 4.98 Å². The van der Waals surface area contributed by atoms with Crippen LogP contribution in [0.3, 0.4) is 0 Å². The summed E-state index contributed by atoms with van der Waals surface area (Å²) in [5.74, 6) is -1.45. The molecule has 2 aromatic carbocycles. The third-order valence-corrected chi connectivity index (χ3v) is 6.40. The van der Waals surface area contributed by atoms with Gasteiger partial charge in [-0.2, -0.15) is 5.26 Å². The number of hydrogen-bond acceptors (Lipinski definition) is 7. The average molecular weight is 463 g/mol. The molecule has 2 atom stereocenters. The van der Waals surface area contributed by atoms with E-state index in [4.69, 9.17) is 5.73 Å². The van der Waals surface area contributed by atoms with Crippen molar-refractivity contribution in [3.63, 3.8) is 0 Å². The Labute approximate surface area is 194 Å². The molecule has 0 saturated carbocycles. The molecule has 3 amide bonds. The molecule has 4 rings (SSSR count). The monoisotopic (exact) mass is 462 g/mol. The quantitative estimate of drug-likeness (QED) is 0.598. The normalized spacial score (nSPS) is 17.5. The molecule has 0 spiro atoms. The number of thiazole rings is 1. The van der Waals surface area contributed by atoms with E-state index in [2.05, 4.69) is 16.4 Å². The zero-order valence-corrected chi connectivity index (χ0v) is 18.7. The molecule has 3 aromatic rings. The largest absolute Gasteiger partial charge is 0.375 e. The van der Waals surface area contributed by atoms with Crippen LogP contribution in [0.25, 0.3) is 10.2 Å². The van der Waals surface area contributed by atoms with Crippen molar-refractivity contribution in [3.05, 3.63) is 54.1 Å². The Bertz CT molecular complexity index is 1250. The highest BCUT2D eigenvalue weighted by Gasteiger charge is 2.39. The lowest BCUT2D eigenvalue weighted by atomic mass is 10.1. The van der Waals surface area contributed by atoms with Crippen molar-refractivity contribution < 1.29 is 14.4 Å². The molecule has 2 unspecified atom stereocenters. The number of nitrogens with one attached hydrogen (secondary N) is 1. The number of para-hydroxylation sites is 1. The van der Waals surface area contributed by atoms with Gasteiger partial charge in [-0.1, -0.05) is 29.5 Å². The van der Waals surface area contributed by atoms with Gasteiger partial charge in [0, 0.05) is 24.8 Å². The second-order valence-electron chi connectivity index (χ2n) is 7.87. The number of nitrogens with zero attached hydrogens (tertiary/aromatic N) is 4. The van der Waals surface area contributed by atoms with Gasteiger partial charge in [-0.3, -0.25) is 14.4 Å². The highest BCUT2D eigenvalue weighted by Crippen LogP contribution is 2.26. The number of nitrogen functional groups attached to an aromatic ring is 1. The summed E-state index contributed by atoms with van der Waals surface area (Å²) >= 11 is 1.28. The molecule has 1 aromatic heterocycles. The van der Waals surface area contributed by atoms with Crippen molar-refractivity contribution in [1.29, 1.82) is 5.26 Å². The van der Waals surface area contributed by atoms with Crippen molar-refractivity contribution >= 4 is 50.1 Å². The molecule has 10 heteroatoms. The van der Waals surface area contributed by atoms with Crippen LogP contribution in [0.2, 0.25) is 0 Å². The second-order valence-corrected chi connectivity index (χ2v) is 8.94. The van der Waals surface area contributed by atoms with E-state index in [1.165, 1.54) is 28.2 Å². The summed E-state index contributed by atoms with van der Waals surface area (Å²) in [5.41, 5.74) is 7.51. The average Bonchev–Trinajstić information content (AvgIpc) is 3.41. The van der Waals surface area contributed by atoms with E-state index in [1.807, 2.05) is 18.2 Å². The van der Waals surface area contributed by atoms with Gasteiger partial charge >= 0.3 is 0 Å². The van der Waals surface area contributed by atoms with Crippen molar-refractivity contribution in [3.8, 4) is 6.07 Å². The van der Waals surface area contributed by atoms with Gasteiger partial charge in [0.25, 0.3) is 5.91 Å². The molecule has 0 radical (unpaired) electrons. The van der Waals surface area contributed by atoms with Gasteiger partial charge in [0.05, 0.1) is 28.7 Å². The molecule has 1 aliphatic heterocycles. The minimum absolute atomic E-state index is 0.129. The lowest BCUT2D eigenvalue weighted by molar-refractivity contribution is -0.131. The summed E-state index contributed by atoms with van der Waals surface area (Å²) in [6.07, 6.45) is 0.252. The molecule has 2 heterocycles. The maximum atomic E-state index is 12.9. The Morgan fingerprint density at radius 1 is 1.27 bits per heavy atom. The maximum absolute atomic E-state index is 12.9. The third kappa shape index (κ3) is 4.78. The van der Waals surface area contributed by atoms with Crippen LogP contribution in [0.15, 0.2) is 48.5 Å². The number of anilines is 2. The van der Waals surface area contributed by atoms with Gasteiger partial charge in [0.1, 0.15) is 6.04 Å². The summed E-state index contributed by atoms with van der Waals surface area (Å²) in [7, 11) is 1.53. The molecule has 1 fully saturated rings. The lowest BCUT2D eigenvalue weighted by Crippen LogP contribution is -2.43. The first-order chi connectivity index (χ1) is 15.9. The Morgan fingerprint density at radius 2 is 2.03 bits per heavy atom. The fourth-order valence-corrected chi connectivity index (χ4v) is 4.62. The number of likely N-dealkylation sites (tertiary alicyclic amines) is 1. The van der Waals surface area contributed by atoms with Crippen molar-refractivity contribution in [2.24, 2.45) is 5.92 Å². The molecule has 3 N–H and O–H groups in total. The van der Waals surface area contributed by atoms with Crippen LogP contribution in [0.1, 0.15) is 16.8 Å². The number of nitrogens with two attached hydrogens (primary N) is 1. The molecule has 1 saturated heterocycles. The van der Waals surface area contributed by atoms with E-state index in [1.54, 1.807) is 30.3 Å². The summed E-state index contributed by atoms with van der Waals surface area (Å²) in [6, 6.07) is 15.5. The highest BCUT2D eigenvalue weighted by molar-refractivity contribution is 7.22. The van der Waals surface area contributed by atoms with Crippen LogP contribution in [0.4, 0.5) is 10.8 Å². The summed E-state index contributed by atoms with van der Waals surface area (Å²) < 4.78 is 0.787. The van der Waals surface area contributed by atoms with E-state index in [0.717, 1.165) is 4.70 Å². The molecule has 0 bridgehead atoms. The number of benzene rings is 2. The van der Waals surface area contributed by atoms with Gasteiger partial charge in [0.15, 0.2) is 5.13 Å². The molecule has 0 aliphatic carbocycles. The SMILES string of the molecule is CN(CC(=O)N1CC(C(=O)Nc2ccccc2)CC1C#N)C(=O)c1ccc2nc(N)sc2c1. The molecule has 1 aliphatic rings. The zero-order valence-electron chi connectivity index (χ0n) is 17.9. The van der Waals surface area contributed by atoms with Crippen LogP contribution in [0, 0.1) is 17.2 Å². The van der Waals surface area contributed by atoms with E-state index in [-0.39, 0.29) is 37.2 Å². The molecular formula is C23H22N6O3S. The topological polar surface area (TPSA) is 132 Å². The summed E-state index contributed by atoms with van der Waals surface area (Å²) in [5, 5.41) is 12.8. The van der Waals surface area contributed by atoms with Crippen LogP contribution < -0.4 is 11.1 Å². The maximum Gasteiger partial charge on any atom is 0.254 e. The Balaban J connectivity index is 1.40. The van der Waals surface area contributed by atoms with E-state index >= 15 is 0 Å².